The molecular formula is C11H16N6O. The second-order valence-corrected chi connectivity index (χ2v) is 3.86. The Morgan fingerprint density at radius 3 is 2.67 bits per heavy atom. The van der Waals surface area contributed by atoms with Gasteiger partial charge < -0.3 is 4.74 Å². The van der Waals surface area contributed by atoms with Crippen molar-refractivity contribution >= 4 is 0 Å². The Bertz CT molecular complexity index is 538. The highest BCUT2D eigenvalue weighted by molar-refractivity contribution is 5.33. The lowest BCUT2D eigenvalue weighted by Crippen LogP contribution is -2.30. The molecule has 0 aliphatic rings. The van der Waals surface area contributed by atoms with Gasteiger partial charge in [-0.25, -0.2) is 10.4 Å². The van der Waals surface area contributed by atoms with Gasteiger partial charge in [-0.3, -0.25) is 15.5 Å². The Kier molecular flexibility index (Phi) is 3.54. The van der Waals surface area contributed by atoms with E-state index in [0.717, 1.165) is 11.3 Å². The van der Waals surface area contributed by atoms with Gasteiger partial charge in [-0.1, -0.05) is 0 Å². The van der Waals surface area contributed by atoms with Crippen LogP contribution in [0.3, 0.4) is 0 Å². The van der Waals surface area contributed by atoms with Crippen molar-refractivity contribution in [2.45, 2.75) is 13.0 Å². The standard InChI is InChI=1S/C11H16N6O/c1-7-8(6-15-17(7)2)9(16-12)10-11(18-3)14-5-4-13-10/h4-6,9,16H,12H2,1-3H3. The van der Waals surface area contributed by atoms with Crippen molar-refractivity contribution in [2.24, 2.45) is 12.9 Å². The molecule has 7 nitrogen and oxygen atoms in total. The molecule has 0 spiro atoms. The summed E-state index contributed by atoms with van der Waals surface area (Å²) < 4.78 is 6.98. The van der Waals surface area contributed by atoms with Crippen molar-refractivity contribution in [1.29, 1.82) is 0 Å². The molecule has 1 atom stereocenters. The Balaban J connectivity index is 2.48. The molecule has 0 aliphatic heterocycles. The monoisotopic (exact) mass is 248 g/mol. The van der Waals surface area contributed by atoms with Crippen molar-refractivity contribution in [2.75, 3.05) is 7.11 Å². The fourth-order valence-corrected chi connectivity index (χ4v) is 1.81. The average molecular weight is 248 g/mol. The predicted octanol–water partition coefficient (Wildman–Crippen LogP) is 0.0798. The van der Waals surface area contributed by atoms with Crippen molar-refractivity contribution in [1.82, 2.24) is 25.2 Å². The molecule has 2 rings (SSSR count). The Hall–Kier alpha value is -1.99. The summed E-state index contributed by atoms with van der Waals surface area (Å²) in [5, 5.41) is 4.20. The highest BCUT2D eigenvalue weighted by Gasteiger charge is 2.22. The van der Waals surface area contributed by atoms with Crippen LogP contribution in [0.25, 0.3) is 0 Å². The van der Waals surface area contributed by atoms with Crippen LogP contribution in [-0.2, 0) is 7.05 Å². The third kappa shape index (κ3) is 2.05. The minimum absolute atomic E-state index is 0.303. The zero-order valence-electron chi connectivity index (χ0n) is 10.6. The average Bonchev–Trinajstić information content (AvgIpc) is 2.73. The van der Waals surface area contributed by atoms with Gasteiger partial charge in [0.05, 0.1) is 19.3 Å². The SMILES string of the molecule is COc1nccnc1C(NN)c1cnn(C)c1C. The molecular weight excluding hydrogens is 232 g/mol. The smallest absolute Gasteiger partial charge is 0.237 e. The lowest BCUT2D eigenvalue weighted by molar-refractivity contribution is 0.383. The number of nitrogens with two attached hydrogens (primary N) is 1. The summed E-state index contributed by atoms with van der Waals surface area (Å²) in [6.45, 7) is 1.97. The van der Waals surface area contributed by atoms with Crippen LogP contribution in [0.1, 0.15) is 23.0 Å². The van der Waals surface area contributed by atoms with E-state index < -0.39 is 0 Å². The van der Waals surface area contributed by atoms with E-state index in [0.29, 0.717) is 11.6 Å². The molecule has 0 saturated heterocycles. The number of hydrazine groups is 1. The Morgan fingerprint density at radius 2 is 2.11 bits per heavy atom. The number of hydrogen-bond acceptors (Lipinski definition) is 6. The zero-order valence-corrected chi connectivity index (χ0v) is 10.6. The predicted molar refractivity (Wildman–Crippen MR) is 65.7 cm³/mol. The molecule has 0 bridgehead atoms. The summed E-state index contributed by atoms with van der Waals surface area (Å²) in [7, 11) is 3.43. The van der Waals surface area contributed by atoms with Gasteiger partial charge in [0, 0.05) is 30.7 Å². The zero-order chi connectivity index (χ0) is 13.1. The molecule has 0 aromatic carbocycles. The third-order valence-electron chi connectivity index (χ3n) is 2.91. The first kappa shape index (κ1) is 12.5. The van der Waals surface area contributed by atoms with Gasteiger partial charge in [-0.05, 0) is 6.92 Å². The third-order valence-corrected chi connectivity index (χ3v) is 2.91. The van der Waals surface area contributed by atoms with E-state index in [1.54, 1.807) is 30.4 Å². The lowest BCUT2D eigenvalue weighted by Gasteiger charge is -2.16. The van der Waals surface area contributed by atoms with E-state index in [1.165, 1.54) is 0 Å². The fourth-order valence-electron chi connectivity index (χ4n) is 1.81. The maximum atomic E-state index is 5.63. The van der Waals surface area contributed by atoms with Gasteiger partial charge in [0.1, 0.15) is 5.69 Å². The first-order valence-corrected chi connectivity index (χ1v) is 5.48. The van der Waals surface area contributed by atoms with E-state index in [4.69, 9.17) is 10.6 Å². The molecule has 3 N–H and O–H groups in total. The number of aryl methyl sites for hydroxylation is 1. The fraction of sp³-hybridized carbons (Fsp3) is 0.364. The Labute approximate surface area is 105 Å². The molecule has 0 radical (unpaired) electrons. The number of rotatable bonds is 4. The molecule has 0 aliphatic carbocycles. The van der Waals surface area contributed by atoms with Gasteiger partial charge in [0.2, 0.25) is 5.88 Å². The first-order valence-electron chi connectivity index (χ1n) is 5.48. The number of ether oxygens (including phenoxy) is 1. The van der Waals surface area contributed by atoms with Crippen molar-refractivity contribution in [3.8, 4) is 5.88 Å². The van der Waals surface area contributed by atoms with Crippen LogP contribution in [0.15, 0.2) is 18.6 Å². The molecule has 18 heavy (non-hydrogen) atoms. The first-order chi connectivity index (χ1) is 8.69. The van der Waals surface area contributed by atoms with Crippen LogP contribution in [0, 0.1) is 6.92 Å². The normalized spacial score (nSPS) is 12.4. The van der Waals surface area contributed by atoms with E-state index in [9.17, 15) is 0 Å². The summed E-state index contributed by atoms with van der Waals surface area (Å²) in [6, 6.07) is -0.303. The maximum absolute atomic E-state index is 5.63. The van der Waals surface area contributed by atoms with Crippen LogP contribution in [0.5, 0.6) is 5.88 Å². The van der Waals surface area contributed by atoms with Crippen LogP contribution >= 0.6 is 0 Å². The summed E-state index contributed by atoms with van der Waals surface area (Å²) >= 11 is 0. The molecule has 2 aromatic rings. The van der Waals surface area contributed by atoms with E-state index in [-0.39, 0.29) is 6.04 Å². The van der Waals surface area contributed by atoms with Gasteiger partial charge >= 0.3 is 0 Å². The summed E-state index contributed by atoms with van der Waals surface area (Å²) in [4.78, 5) is 8.40. The molecule has 2 aromatic heterocycles. The molecule has 7 heteroatoms. The molecule has 0 saturated carbocycles. The minimum Gasteiger partial charge on any atom is -0.480 e. The summed E-state index contributed by atoms with van der Waals surface area (Å²) in [5.74, 6) is 6.08. The molecule has 96 valence electrons. The van der Waals surface area contributed by atoms with Crippen LogP contribution < -0.4 is 16.0 Å². The quantitative estimate of drug-likeness (QED) is 0.588. The van der Waals surface area contributed by atoms with Crippen molar-refractivity contribution in [3.63, 3.8) is 0 Å². The lowest BCUT2D eigenvalue weighted by atomic mass is 10.1. The highest BCUT2D eigenvalue weighted by atomic mass is 16.5. The van der Waals surface area contributed by atoms with Crippen LogP contribution in [0.4, 0.5) is 0 Å². The molecule has 2 heterocycles. The van der Waals surface area contributed by atoms with E-state index in [2.05, 4.69) is 20.5 Å². The topological polar surface area (TPSA) is 90.9 Å². The molecule has 0 amide bonds. The van der Waals surface area contributed by atoms with Gasteiger partial charge in [-0.15, -0.1) is 0 Å². The number of methoxy groups -OCH3 is 1. The van der Waals surface area contributed by atoms with Crippen molar-refractivity contribution < 1.29 is 4.74 Å². The summed E-state index contributed by atoms with van der Waals surface area (Å²) in [6.07, 6.45) is 4.94. The van der Waals surface area contributed by atoms with Crippen LogP contribution in [0.2, 0.25) is 0 Å². The highest BCUT2D eigenvalue weighted by Crippen LogP contribution is 2.27. The van der Waals surface area contributed by atoms with Gasteiger partial charge in [0.15, 0.2) is 0 Å². The number of nitrogens with one attached hydrogen (secondary N) is 1. The van der Waals surface area contributed by atoms with Gasteiger partial charge in [-0.2, -0.15) is 5.10 Å². The van der Waals surface area contributed by atoms with Crippen LogP contribution in [-0.4, -0.2) is 26.9 Å². The largest absolute Gasteiger partial charge is 0.480 e. The van der Waals surface area contributed by atoms with E-state index >= 15 is 0 Å². The molecule has 0 fully saturated rings. The second kappa shape index (κ2) is 5.11. The number of nitrogens with zero attached hydrogens (tertiary/aromatic N) is 4. The molecule has 1 unspecified atom stereocenters. The van der Waals surface area contributed by atoms with Gasteiger partial charge in [0.25, 0.3) is 0 Å². The maximum Gasteiger partial charge on any atom is 0.237 e. The summed E-state index contributed by atoms with van der Waals surface area (Å²) in [5.41, 5.74) is 5.31. The Morgan fingerprint density at radius 1 is 1.39 bits per heavy atom. The van der Waals surface area contributed by atoms with E-state index in [1.807, 2.05) is 14.0 Å². The number of aromatic nitrogens is 4. The van der Waals surface area contributed by atoms with Crippen molar-refractivity contribution in [3.05, 3.63) is 35.5 Å². The number of hydrogen-bond donors (Lipinski definition) is 2. The second-order valence-electron chi connectivity index (χ2n) is 3.86. The minimum atomic E-state index is -0.303.